The monoisotopic (exact) mass is 696 g/mol. The molecule has 0 aliphatic rings. The molecule has 276 valence electrons. The summed E-state index contributed by atoms with van der Waals surface area (Å²) < 4.78 is 38.6. The Labute approximate surface area is 289 Å². The highest BCUT2D eigenvalue weighted by molar-refractivity contribution is 7.56. The zero-order chi connectivity index (χ0) is 35.0. The van der Waals surface area contributed by atoms with Crippen molar-refractivity contribution in [1.82, 2.24) is 24.6 Å². The van der Waals surface area contributed by atoms with Gasteiger partial charge in [0, 0.05) is 13.2 Å². The fourth-order valence-electron chi connectivity index (χ4n) is 5.29. The van der Waals surface area contributed by atoms with Gasteiger partial charge in [0.05, 0.1) is 32.2 Å². The third kappa shape index (κ3) is 18.0. The SMILES string of the molecule is CCCCCCCCCCCCCCCCOCCCOP(=O)(CO[C@H](C)Cn1cnc2c(N)ncnc21)N[C@@H](C)C(=O)OCC(C)C. The van der Waals surface area contributed by atoms with Gasteiger partial charge >= 0.3 is 5.97 Å². The maximum Gasteiger partial charge on any atom is 0.323 e. The van der Waals surface area contributed by atoms with E-state index in [9.17, 15) is 9.36 Å². The van der Waals surface area contributed by atoms with E-state index in [0.717, 1.165) is 6.42 Å². The van der Waals surface area contributed by atoms with Gasteiger partial charge in [0.2, 0.25) is 0 Å². The fraction of sp³-hybridized carbons (Fsp3) is 0.829. The third-order valence-electron chi connectivity index (χ3n) is 8.09. The molecule has 0 saturated heterocycles. The van der Waals surface area contributed by atoms with Crippen molar-refractivity contribution in [3.8, 4) is 0 Å². The maximum absolute atomic E-state index is 13.8. The molecule has 1 unspecified atom stereocenters. The van der Waals surface area contributed by atoms with Crippen LogP contribution in [-0.4, -0.2) is 70.4 Å². The van der Waals surface area contributed by atoms with Crippen molar-refractivity contribution in [3.63, 3.8) is 0 Å². The minimum atomic E-state index is -3.57. The van der Waals surface area contributed by atoms with Gasteiger partial charge in [-0.05, 0) is 32.6 Å². The molecule has 12 nitrogen and oxygen atoms in total. The van der Waals surface area contributed by atoms with E-state index in [4.69, 9.17) is 24.5 Å². The zero-order valence-corrected chi connectivity index (χ0v) is 31.4. The van der Waals surface area contributed by atoms with Gasteiger partial charge in [-0.3, -0.25) is 9.36 Å². The number of fused-ring (bicyclic) bond motifs is 1. The van der Waals surface area contributed by atoms with Crippen LogP contribution in [0, 0.1) is 5.92 Å². The van der Waals surface area contributed by atoms with Gasteiger partial charge in [0.25, 0.3) is 7.52 Å². The minimum Gasteiger partial charge on any atom is -0.464 e. The number of rotatable bonds is 30. The number of imidazole rings is 1. The average molecular weight is 697 g/mol. The molecular formula is C35H65N6O6P. The van der Waals surface area contributed by atoms with Crippen LogP contribution in [0.15, 0.2) is 12.7 Å². The number of nitrogen functional groups attached to an aromatic ring is 1. The number of hydrogen-bond acceptors (Lipinski definition) is 10. The molecule has 0 aliphatic carbocycles. The summed E-state index contributed by atoms with van der Waals surface area (Å²) in [7, 11) is -3.57. The number of carbonyl (C=O) groups is 1. The second-order valence-electron chi connectivity index (χ2n) is 13.4. The van der Waals surface area contributed by atoms with Gasteiger partial charge in [-0.2, -0.15) is 0 Å². The number of ether oxygens (including phenoxy) is 3. The van der Waals surface area contributed by atoms with Crippen molar-refractivity contribution in [2.45, 2.75) is 150 Å². The maximum atomic E-state index is 13.8. The average Bonchev–Trinajstić information content (AvgIpc) is 3.47. The molecule has 0 amide bonds. The quantitative estimate of drug-likeness (QED) is 0.0463. The van der Waals surface area contributed by atoms with E-state index in [1.807, 2.05) is 20.8 Å². The molecule has 0 spiro atoms. The molecule has 3 atom stereocenters. The van der Waals surface area contributed by atoms with Crippen molar-refractivity contribution in [2.24, 2.45) is 5.92 Å². The third-order valence-corrected chi connectivity index (χ3v) is 9.96. The summed E-state index contributed by atoms with van der Waals surface area (Å²) in [5.74, 6) is 0.00774. The van der Waals surface area contributed by atoms with Crippen LogP contribution in [-0.2, 0) is 34.6 Å². The Kier molecular flexibility index (Phi) is 21.8. The van der Waals surface area contributed by atoms with Crippen LogP contribution in [0.3, 0.4) is 0 Å². The second kappa shape index (κ2) is 24.9. The number of anilines is 1. The van der Waals surface area contributed by atoms with Crippen molar-refractivity contribution >= 4 is 30.5 Å². The topological polar surface area (TPSA) is 153 Å². The van der Waals surface area contributed by atoms with Crippen LogP contribution < -0.4 is 10.8 Å². The number of nitrogens with one attached hydrogen (secondary N) is 1. The van der Waals surface area contributed by atoms with Crippen LogP contribution in [0.2, 0.25) is 0 Å². The molecular weight excluding hydrogens is 631 g/mol. The summed E-state index contributed by atoms with van der Waals surface area (Å²) in [6.07, 6.45) is 21.6. The van der Waals surface area contributed by atoms with Gasteiger partial charge in [-0.15, -0.1) is 0 Å². The van der Waals surface area contributed by atoms with Crippen molar-refractivity contribution in [1.29, 1.82) is 0 Å². The van der Waals surface area contributed by atoms with Crippen LogP contribution in [0.1, 0.15) is 131 Å². The molecule has 2 aromatic rings. The van der Waals surface area contributed by atoms with Gasteiger partial charge in [0.1, 0.15) is 24.2 Å². The Morgan fingerprint density at radius 2 is 1.46 bits per heavy atom. The Bertz CT molecular complexity index is 1180. The number of nitrogens with two attached hydrogens (primary N) is 1. The Hall–Kier alpha value is -2.11. The minimum absolute atomic E-state index is 0.192. The smallest absolute Gasteiger partial charge is 0.323 e. The molecule has 0 bridgehead atoms. The first-order valence-electron chi connectivity index (χ1n) is 18.4. The molecule has 2 heterocycles. The van der Waals surface area contributed by atoms with E-state index in [-0.39, 0.29) is 31.6 Å². The summed E-state index contributed by atoms with van der Waals surface area (Å²) >= 11 is 0. The first kappa shape index (κ1) is 42.1. The molecule has 0 radical (unpaired) electrons. The predicted octanol–water partition coefficient (Wildman–Crippen LogP) is 8.05. The van der Waals surface area contributed by atoms with Crippen LogP contribution in [0.4, 0.5) is 5.82 Å². The lowest BCUT2D eigenvalue weighted by Crippen LogP contribution is -2.36. The Balaban J connectivity index is 1.66. The number of nitrogens with zero attached hydrogens (tertiary/aromatic N) is 4. The lowest BCUT2D eigenvalue weighted by Gasteiger charge is -2.25. The van der Waals surface area contributed by atoms with Crippen LogP contribution in [0.5, 0.6) is 0 Å². The number of hydrogen-bond donors (Lipinski definition) is 2. The highest BCUT2D eigenvalue weighted by Gasteiger charge is 2.30. The van der Waals surface area contributed by atoms with Crippen molar-refractivity contribution < 1.29 is 28.1 Å². The largest absolute Gasteiger partial charge is 0.464 e. The lowest BCUT2D eigenvalue weighted by atomic mass is 10.0. The molecule has 0 saturated carbocycles. The molecule has 0 aromatic carbocycles. The van der Waals surface area contributed by atoms with E-state index < -0.39 is 19.5 Å². The van der Waals surface area contributed by atoms with E-state index in [2.05, 4.69) is 27.0 Å². The highest BCUT2D eigenvalue weighted by atomic mass is 31.2. The van der Waals surface area contributed by atoms with Gasteiger partial charge < -0.3 is 29.0 Å². The summed E-state index contributed by atoms with van der Waals surface area (Å²) in [6, 6.07) is -0.831. The van der Waals surface area contributed by atoms with E-state index in [1.165, 1.54) is 89.8 Å². The van der Waals surface area contributed by atoms with Crippen molar-refractivity contribution in [3.05, 3.63) is 12.7 Å². The van der Waals surface area contributed by atoms with E-state index in [1.54, 1.807) is 17.8 Å². The number of esters is 1. The summed E-state index contributed by atoms with van der Waals surface area (Å²) in [5.41, 5.74) is 7.00. The molecule has 0 aliphatic heterocycles. The predicted molar refractivity (Wildman–Crippen MR) is 193 cm³/mol. The summed E-state index contributed by atoms with van der Waals surface area (Å²) in [6.45, 7) is 11.8. The van der Waals surface area contributed by atoms with E-state index >= 15 is 0 Å². The number of unbranched alkanes of at least 4 members (excludes halogenated alkanes) is 13. The van der Waals surface area contributed by atoms with Crippen molar-refractivity contribution in [2.75, 3.05) is 38.5 Å². The molecule has 2 rings (SSSR count). The standard InChI is InChI=1S/C35H65N6O6P/c1-6-7-8-9-10-11-12-13-14-15-16-17-18-19-21-44-22-20-23-47-48(43,40-31(5)35(42)45-25-29(2)3)28-46-30(4)24-41-27-39-32-33(36)37-26-38-34(32)41/h26-27,29-31H,6-25,28H2,1-5H3,(H,40,43)(H2,36,37,38)/t30-,31+,48?/m1/s1. The van der Waals surface area contributed by atoms with Gasteiger partial charge in [-0.25, -0.2) is 20.0 Å². The van der Waals surface area contributed by atoms with Crippen LogP contribution >= 0.6 is 7.52 Å². The van der Waals surface area contributed by atoms with Crippen LogP contribution in [0.25, 0.3) is 11.2 Å². The van der Waals surface area contributed by atoms with E-state index in [0.29, 0.717) is 43.2 Å². The normalized spacial score (nSPS) is 14.4. The lowest BCUT2D eigenvalue weighted by molar-refractivity contribution is -0.146. The summed E-state index contributed by atoms with van der Waals surface area (Å²) in [4.78, 5) is 25.0. The molecule has 3 N–H and O–H groups in total. The molecule has 48 heavy (non-hydrogen) atoms. The molecule has 0 fully saturated rings. The van der Waals surface area contributed by atoms with Gasteiger partial charge in [0.15, 0.2) is 11.5 Å². The highest BCUT2D eigenvalue weighted by Crippen LogP contribution is 2.43. The van der Waals surface area contributed by atoms with Gasteiger partial charge in [-0.1, -0.05) is 104 Å². The number of carbonyl (C=O) groups excluding carboxylic acids is 1. The second-order valence-corrected chi connectivity index (χ2v) is 15.5. The molecule has 13 heteroatoms. The first-order chi connectivity index (χ1) is 23.1. The Morgan fingerprint density at radius 3 is 2.08 bits per heavy atom. The molecule has 2 aromatic heterocycles. The number of aromatic nitrogens is 4. The summed E-state index contributed by atoms with van der Waals surface area (Å²) in [5, 5.41) is 2.86. The Morgan fingerprint density at radius 1 is 0.854 bits per heavy atom. The first-order valence-corrected chi connectivity index (χ1v) is 20.2. The fourth-order valence-corrected chi connectivity index (χ4v) is 7.09. The zero-order valence-electron chi connectivity index (χ0n) is 30.5.